The van der Waals surface area contributed by atoms with E-state index in [1.54, 1.807) is 0 Å². The average molecular weight is 267 g/mol. The van der Waals surface area contributed by atoms with Crippen molar-refractivity contribution in [1.82, 2.24) is 4.90 Å². The number of carbonyl (C=O) groups excluding carboxylic acids is 1. The average Bonchev–Trinajstić information content (AvgIpc) is 2.53. The third-order valence-corrected chi connectivity index (χ3v) is 3.91. The normalized spacial score (nSPS) is 23.3. The summed E-state index contributed by atoms with van der Waals surface area (Å²) in [4.78, 5) is 17.8. The van der Waals surface area contributed by atoms with Gasteiger partial charge in [-0.25, -0.2) is 4.79 Å². The zero-order valence-electron chi connectivity index (χ0n) is 12.9. The summed E-state index contributed by atoms with van der Waals surface area (Å²) in [5.41, 5.74) is 5.63. The Morgan fingerprint density at radius 1 is 1.26 bits per heavy atom. The van der Waals surface area contributed by atoms with Crippen LogP contribution in [-0.4, -0.2) is 28.9 Å². The van der Waals surface area contributed by atoms with Crippen LogP contribution >= 0.6 is 0 Å². The number of nitrogens with zero attached hydrogens (tertiary/aromatic N) is 2. The van der Waals surface area contributed by atoms with E-state index in [1.165, 1.54) is 25.7 Å². The lowest BCUT2D eigenvalue weighted by Gasteiger charge is -2.36. The molecule has 2 N–H and O–H groups in total. The molecule has 19 heavy (non-hydrogen) atoms. The lowest BCUT2D eigenvalue weighted by molar-refractivity contribution is 0.161. The Morgan fingerprint density at radius 3 is 2.47 bits per heavy atom. The zero-order chi connectivity index (χ0) is 14.5. The molecule has 0 aliphatic carbocycles. The fourth-order valence-electron chi connectivity index (χ4n) is 2.61. The summed E-state index contributed by atoms with van der Waals surface area (Å²) in [6.07, 6.45) is 7.04. The predicted molar refractivity (Wildman–Crippen MR) is 80.3 cm³/mol. The molecular weight excluding hydrogens is 238 g/mol. The second-order valence-electron chi connectivity index (χ2n) is 6.22. The summed E-state index contributed by atoms with van der Waals surface area (Å²) < 4.78 is 0. The molecule has 0 aromatic rings. The van der Waals surface area contributed by atoms with Crippen LogP contribution in [0, 0.1) is 5.92 Å². The first-order valence-corrected chi connectivity index (χ1v) is 7.58. The molecule has 0 aromatic carbocycles. The summed E-state index contributed by atoms with van der Waals surface area (Å²) in [5, 5.41) is 0. The largest absolute Gasteiger partial charge is 0.385 e. The first-order chi connectivity index (χ1) is 8.91. The Labute approximate surface area is 117 Å². The number of unbranched alkanes of at least 4 members (excludes halogenated alkanes) is 4. The van der Waals surface area contributed by atoms with Crippen LogP contribution < -0.4 is 5.73 Å². The van der Waals surface area contributed by atoms with Gasteiger partial charge >= 0.3 is 6.03 Å². The van der Waals surface area contributed by atoms with E-state index in [1.807, 2.05) is 4.90 Å². The SMILES string of the molecule is CCCCCCCC1(C)C(N)=NC(=O)N1CC(C)C. The highest BCUT2D eigenvalue weighted by atomic mass is 16.2. The van der Waals surface area contributed by atoms with Gasteiger partial charge in [-0.05, 0) is 19.3 Å². The van der Waals surface area contributed by atoms with E-state index in [-0.39, 0.29) is 11.6 Å². The van der Waals surface area contributed by atoms with E-state index >= 15 is 0 Å². The predicted octanol–water partition coefficient (Wildman–Crippen LogP) is 3.55. The maximum Gasteiger partial charge on any atom is 0.346 e. The van der Waals surface area contributed by atoms with Gasteiger partial charge in [0.05, 0.1) is 5.54 Å². The second-order valence-corrected chi connectivity index (χ2v) is 6.22. The molecule has 4 nitrogen and oxygen atoms in total. The lowest BCUT2D eigenvalue weighted by Crippen LogP contribution is -2.52. The molecule has 0 aromatic heterocycles. The van der Waals surface area contributed by atoms with Crippen LogP contribution in [0.1, 0.15) is 66.2 Å². The maximum absolute atomic E-state index is 11.9. The van der Waals surface area contributed by atoms with Crippen LogP contribution in [0.15, 0.2) is 4.99 Å². The molecule has 1 aliphatic rings. The Hall–Kier alpha value is -1.06. The maximum atomic E-state index is 11.9. The molecule has 1 atom stereocenters. The van der Waals surface area contributed by atoms with Gasteiger partial charge in [0.15, 0.2) is 0 Å². The van der Waals surface area contributed by atoms with E-state index in [4.69, 9.17) is 5.73 Å². The van der Waals surface area contributed by atoms with Gasteiger partial charge in [-0.3, -0.25) is 0 Å². The highest BCUT2D eigenvalue weighted by Gasteiger charge is 2.43. The topological polar surface area (TPSA) is 58.7 Å². The van der Waals surface area contributed by atoms with Gasteiger partial charge in [0, 0.05) is 6.54 Å². The number of carbonyl (C=O) groups is 1. The molecule has 1 heterocycles. The van der Waals surface area contributed by atoms with Crippen molar-refractivity contribution in [3.05, 3.63) is 0 Å². The lowest BCUT2D eigenvalue weighted by atomic mass is 9.91. The highest BCUT2D eigenvalue weighted by molar-refractivity contribution is 6.05. The summed E-state index contributed by atoms with van der Waals surface area (Å²) in [7, 11) is 0. The van der Waals surface area contributed by atoms with Crippen LogP contribution in [0.2, 0.25) is 0 Å². The minimum absolute atomic E-state index is 0.165. The Balaban J connectivity index is 2.58. The van der Waals surface area contributed by atoms with Crippen molar-refractivity contribution in [1.29, 1.82) is 0 Å². The van der Waals surface area contributed by atoms with Gasteiger partial charge in [-0.15, -0.1) is 0 Å². The number of aliphatic imine (C=N–C) groups is 1. The van der Waals surface area contributed by atoms with Crippen LogP contribution in [0.4, 0.5) is 4.79 Å². The molecule has 110 valence electrons. The third-order valence-electron chi connectivity index (χ3n) is 3.91. The van der Waals surface area contributed by atoms with E-state index in [9.17, 15) is 4.79 Å². The van der Waals surface area contributed by atoms with Gasteiger partial charge in [0.1, 0.15) is 5.84 Å². The van der Waals surface area contributed by atoms with Crippen LogP contribution in [0.3, 0.4) is 0 Å². The molecule has 0 bridgehead atoms. The minimum Gasteiger partial charge on any atom is -0.385 e. The van der Waals surface area contributed by atoms with Crippen molar-refractivity contribution >= 4 is 11.9 Å². The van der Waals surface area contributed by atoms with Gasteiger partial charge in [0.25, 0.3) is 0 Å². The Kier molecular flexibility index (Phi) is 5.83. The summed E-state index contributed by atoms with van der Waals surface area (Å²) in [6, 6.07) is -0.165. The van der Waals surface area contributed by atoms with Crippen molar-refractivity contribution in [2.45, 2.75) is 71.8 Å². The monoisotopic (exact) mass is 267 g/mol. The second kappa shape index (κ2) is 6.92. The standard InChI is InChI=1S/C15H29N3O/c1-5-6-7-8-9-10-15(4)13(16)17-14(19)18(15)11-12(2)3/h12H,5-11H2,1-4H3,(H2,16,17,19). The Bertz CT molecular complexity index is 338. The van der Waals surface area contributed by atoms with Crippen molar-refractivity contribution in [2.24, 2.45) is 16.6 Å². The Morgan fingerprint density at radius 2 is 1.89 bits per heavy atom. The van der Waals surface area contributed by atoms with Crippen LogP contribution in [0.5, 0.6) is 0 Å². The zero-order valence-corrected chi connectivity index (χ0v) is 12.9. The van der Waals surface area contributed by atoms with Gasteiger partial charge in [0.2, 0.25) is 0 Å². The van der Waals surface area contributed by atoms with Gasteiger partial charge in [-0.2, -0.15) is 4.99 Å². The highest BCUT2D eigenvalue weighted by Crippen LogP contribution is 2.29. The minimum atomic E-state index is -0.367. The van der Waals surface area contributed by atoms with Gasteiger partial charge < -0.3 is 10.6 Å². The first-order valence-electron chi connectivity index (χ1n) is 7.58. The van der Waals surface area contributed by atoms with E-state index in [0.29, 0.717) is 11.8 Å². The number of rotatable bonds is 8. The quantitative estimate of drug-likeness (QED) is 0.684. The molecule has 1 rings (SSSR count). The number of hydrogen-bond donors (Lipinski definition) is 1. The molecular formula is C15H29N3O. The number of amides is 2. The fraction of sp³-hybridized carbons (Fsp3) is 0.867. The van der Waals surface area contributed by atoms with Crippen molar-refractivity contribution in [2.75, 3.05) is 6.54 Å². The van der Waals surface area contributed by atoms with Crippen molar-refractivity contribution < 1.29 is 4.79 Å². The molecule has 4 heteroatoms. The molecule has 2 amide bonds. The fourth-order valence-corrected chi connectivity index (χ4v) is 2.61. The van der Waals surface area contributed by atoms with E-state index in [2.05, 4.69) is 32.7 Å². The molecule has 0 spiro atoms. The van der Waals surface area contributed by atoms with E-state index in [0.717, 1.165) is 19.4 Å². The number of nitrogens with two attached hydrogens (primary N) is 1. The summed E-state index contributed by atoms with van der Waals surface area (Å²) in [6.45, 7) is 9.23. The molecule has 1 aliphatic heterocycles. The molecule has 0 saturated carbocycles. The van der Waals surface area contributed by atoms with Gasteiger partial charge in [-0.1, -0.05) is 52.9 Å². The number of amidine groups is 1. The van der Waals surface area contributed by atoms with Crippen molar-refractivity contribution in [3.63, 3.8) is 0 Å². The molecule has 0 fully saturated rings. The van der Waals surface area contributed by atoms with Crippen LogP contribution in [0.25, 0.3) is 0 Å². The smallest absolute Gasteiger partial charge is 0.346 e. The number of hydrogen-bond acceptors (Lipinski definition) is 2. The molecule has 1 unspecified atom stereocenters. The molecule has 0 radical (unpaired) electrons. The number of urea groups is 1. The van der Waals surface area contributed by atoms with E-state index < -0.39 is 0 Å². The summed E-state index contributed by atoms with van der Waals surface area (Å²) in [5.74, 6) is 0.929. The third kappa shape index (κ3) is 3.95. The first kappa shape index (κ1) is 16.0. The van der Waals surface area contributed by atoms with Crippen molar-refractivity contribution in [3.8, 4) is 0 Å². The summed E-state index contributed by atoms with van der Waals surface area (Å²) >= 11 is 0. The van der Waals surface area contributed by atoms with Crippen LogP contribution in [-0.2, 0) is 0 Å². The molecule has 0 saturated heterocycles.